The lowest BCUT2D eigenvalue weighted by Gasteiger charge is -2.14. The summed E-state index contributed by atoms with van der Waals surface area (Å²) in [6.45, 7) is 6.71. The van der Waals surface area contributed by atoms with Crippen molar-refractivity contribution in [1.29, 1.82) is 0 Å². The molecule has 0 aliphatic carbocycles. The van der Waals surface area contributed by atoms with E-state index < -0.39 is 0 Å². The van der Waals surface area contributed by atoms with Gasteiger partial charge in [-0.25, -0.2) is 0 Å². The molecule has 3 heteroatoms. The van der Waals surface area contributed by atoms with E-state index in [4.69, 9.17) is 9.47 Å². The fraction of sp³-hybridized carbons (Fsp3) is 0.467. The van der Waals surface area contributed by atoms with Crippen LogP contribution in [0.1, 0.15) is 18.9 Å². The fourth-order valence-corrected chi connectivity index (χ4v) is 1.54. The summed E-state index contributed by atoms with van der Waals surface area (Å²) >= 11 is 0. The van der Waals surface area contributed by atoms with Gasteiger partial charge in [0.05, 0.1) is 19.8 Å². The molecule has 0 saturated carbocycles. The van der Waals surface area contributed by atoms with E-state index in [1.54, 1.807) is 13.2 Å². The number of aliphatic hydroxyl groups excluding tert-OH is 1. The normalized spacial score (nSPS) is 13.9. The SMILES string of the molecule is C=C[C@@H](C)[C@H](O)CCOCc1ccc(OC)cc1. The second-order valence-corrected chi connectivity index (χ2v) is 4.35. The Morgan fingerprint density at radius 3 is 2.56 bits per heavy atom. The topological polar surface area (TPSA) is 38.7 Å². The molecule has 1 aromatic carbocycles. The summed E-state index contributed by atoms with van der Waals surface area (Å²) in [6.07, 6.45) is 2.01. The van der Waals surface area contributed by atoms with Gasteiger partial charge < -0.3 is 14.6 Å². The van der Waals surface area contributed by atoms with Gasteiger partial charge in [-0.3, -0.25) is 0 Å². The third-order valence-electron chi connectivity index (χ3n) is 2.96. The molecule has 3 nitrogen and oxygen atoms in total. The van der Waals surface area contributed by atoms with Crippen molar-refractivity contribution in [2.45, 2.75) is 26.1 Å². The smallest absolute Gasteiger partial charge is 0.118 e. The minimum absolute atomic E-state index is 0.106. The molecule has 18 heavy (non-hydrogen) atoms. The van der Waals surface area contributed by atoms with Crippen LogP contribution in [0.2, 0.25) is 0 Å². The van der Waals surface area contributed by atoms with Crippen LogP contribution in [0.5, 0.6) is 5.75 Å². The molecule has 0 bridgehead atoms. The standard InChI is InChI=1S/C15H22O3/c1-4-12(2)15(16)9-10-18-11-13-5-7-14(17-3)8-6-13/h4-8,12,15-16H,1,9-11H2,2-3H3/t12-,15-/m1/s1. The van der Waals surface area contributed by atoms with Crippen molar-refractivity contribution in [2.75, 3.05) is 13.7 Å². The molecule has 0 aromatic heterocycles. The molecule has 0 fully saturated rings. The Bertz CT molecular complexity index is 345. The fourth-order valence-electron chi connectivity index (χ4n) is 1.54. The minimum atomic E-state index is -0.377. The molecule has 0 radical (unpaired) electrons. The Hall–Kier alpha value is -1.32. The van der Waals surface area contributed by atoms with E-state index in [1.807, 2.05) is 31.2 Å². The Kier molecular flexibility index (Phi) is 6.47. The zero-order valence-electron chi connectivity index (χ0n) is 11.1. The highest BCUT2D eigenvalue weighted by Crippen LogP contribution is 2.12. The first-order chi connectivity index (χ1) is 8.67. The third kappa shape index (κ3) is 4.90. The minimum Gasteiger partial charge on any atom is -0.497 e. The van der Waals surface area contributed by atoms with E-state index in [0.717, 1.165) is 11.3 Å². The molecule has 100 valence electrons. The second kappa shape index (κ2) is 7.90. The van der Waals surface area contributed by atoms with Crippen LogP contribution in [-0.4, -0.2) is 24.9 Å². The quantitative estimate of drug-likeness (QED) is 0.569. The zero-order valence-corrected chi connectivity index (χ0v) is 11.1. The molecule has 0 amide bonds. The van der Waals surface area contributed by atoms with Crippen LogP contribution in [0.25, 0.3) is 0 Å². The molecule has 0 saturated heterocycles. The first-order valence-corrected chi connectivity index (χ1v) is 6.18. The molecule has 0 heterocycles. The van der Waals surface area contributed by atoms with Crippen LogP contribution in [0.15, 0.2) is 36.9 Å². The maximum atomic E-state index is 9.72. The van der Waals surface area contributed by atoms with E-state index in [9.17, 15) is 5.11 Å². The summed E-state index contributed by atoms with van der Waals surface area (Å²) in [5.41, 5.74) is 1.10. The average Bonchev–Trinajstić information content (AvgIpc) is 2.43. The van der Waals surface area contributed by atoms with Crippen molar-refractivity contribution >= 4 is 0 Å². The van der Waals surface area contributed by atoms with Crippen LogP contribution in [0.4, 0.5) is 0 Å². The van der Waals surface area contributed by atoms with E-state index in [1.165, 1.54) is 0 Å². The lowest BCUT2D eigenvalue weighted by Crippen LogP contribution is -2.17. The molecule has 1 rings (SSSR count). The first kappa shape index (κ1) is 14.7. The van der Waals surface area contributed by atoms with Gasteiger partial charge in [-0.2, -0.15) is 0 Å². The molecule has 1 N–H and O–H groups in total. The van der Waals surface area contributed by atoms with E-state index in [0.29, 0.717) is 19.6 Å². The van der Waals surface area contributed by atoms with E-state index in [-0.39, 0.29) is 12.0 Å². The van der Waals surface area contributed by atoms with Crippen molar-refractivity contribution in [3.05, 3.63) is 42.5 Å². The highest BCUT2D eigenvalue weighted by molar-refractivity contribution is 5.26. The van der Waals surface area contributed by atoms with Crippen molar-refractivity contribution in [3.63, 3.8) is 0 Å². The summed E-state index contributed by atoms with van der Waals surface area (Å²) in [6, 6.07) is 7.77. The van der Waals surface area contributed by atoms with Gasteiger partial charge in [0.15, 0.2) is 0 Å². The Morgan fingerprint density at radius 2 is 2.00 bits per heavy atom. The van der Waals surface area contributed by atoms with Crippen LogP contribution >= 0.6 is 0 Å². The average molecular weight is 250 g/mol. The highest BCUT2D eigenvalue weighted by Gasteiger charge is 2.09. The predicted molar refractivity (Wildman–Crippen MR) is 72.6 cm³/mol. The Balaban J connectivity index is 2.23. The number of benzene rings is 1. The summed E-state index contributed by atoms with van der Waals surface area (Å²) in [7, 11) is 1.65. The highest BCUT2D eigenvalue weighted by atomic mass is 16.5. The predicted octanol–water partition coefficient (Wildman–Crippen LogP) is 2.78. The van der Waals surface area contributed by atoms with Crippen molar-refractivity contribution in [2.24, 2.45) is 5.92 Å². The van der Waals surface area contributed by atoms with Gasteiger partial charge in [-0.15, -0.1) is 6.58 Å². The number of hydrogen-bond donors (Lipinski definition) is 1. The van der Waals surface area contributed by atoms with Gasteiger partial charge in [0.2, 0.25) is 0 Å². The van der Waals surface area contributed by atoms with Gasteiger partial charge in [0.1, 0.15) is 5.75 Å². The summed E-state index contributed by atoms with van der Waals surface area (Å²) in [5, 5.41) is 9.72. The largest absolute Gasteiger partial charge is 0.497 e. The summed E-state index contributed by atoms with van der Waals surface area (Å²) in [5.74, 6) is 0.948. The molecule has 0 unspecified atom stereocenters. The van der Waals surface area contributed by atoms with Crippen LogP contribution in [-0.2, 0) is 11.3 Å². The molecule has 0 spiro atoms. The summed E-state index contributed by atoms with van der Waals surface area (Å²) < 4.78 is 10.6. The Labute approximate surface area is 109 Å². The maximum absolute atomic E-state index is 9.72. The molecule has 1 aromatic rings. The van der Waals surface area contributed by atoms with Gasteiger partial charge in [-0.05, 0) is 30.0 Å². The van der Waals surface area contributed by atoms with Crippen molar-refractivity contribution in [3.8, 4) is 5.75 Å². The van der Waals surface area contributed by atoms with Gasteiger partial charge >= 0.3 is 0 Å². The zero-order chi connectivity index (χ0) is 13.4. The molecule has 0 aliphatic heterocycles. The molecule has 2 atom stereocenters. The second-order valence-electron chi connectivity index (χ2n) is 4.35. The third-order valence-corrected chi connectivity index (χ3v) is 2.96. The van der Waals surface area contributed by atoms with Gasteiger partial charge in [0, 0.05) is 6.61 Å². The Morgan fingerprint density at radius 1 is 1.33 bits per heavy atom. The first-order valence-electron chi connectivity index (χ1n) is 6.18. The van der Waals surface area contributed by atoms with Gasteiger partial charge in [-0.1, -0.05) is 25.1 Å². The number of rotatable bonds is 8. The van der Waals surface area contributed by atoms with Crippen LogP contribution in [0, 0.1) is 5.92 Å². The van der Waals surface area contributed by atoms with Crippen molar-refractivity contribution < 1.29 is 14.6 Å². The number of methoxy groups -OCH3 is 1. The van der Waals surface area contributed by atoms with Crippen molar-refractivity contribution in [1.82, 2.24) is 0 Å². The lowest BCUT2D eigenvalue weighted by molar-refractivity contribution is 0.0590. The molecular weight excluding hydrogens is 228 g/mol. The monoisotopic (exact) mass is 250 g/mol. The van der Waals surface area contributed by atoms with Crippen LogP contribution in [0.3, 0.4) is 0 Å². The summed E-state index contributed by atoms with van der Waals surface area (Å²) in [4.78, 5) is 0. The number of aliphatic hydroxyl groups is 1. The van der Waals surface area contributed by atoms with Crippen LogP contribution < -0.4 is 4.74 Å². The van der Waals surface area contributed by atoms with E-state index in [2.05, 4.69) is 6.58 Å². The maximum Gasteiger partial charge on any atom is 0.118 e. The van der Waals surface area contributed by atoms with E-state index >= 15 is 0 Å². The lowest BCUT2D eigenvalue weighted by atomic mass is 10.0. The molecule has 0 aliphatic rings. The number of hydrogen-bond acceptors (Lipinski definition) is 3. The number of ether oxygens (including phenoxy) is 2. The van der Waals surface area contributed by atoms with Gasteiger partial charge in [0.25, 0.3) is 0 Å². The molecular formula is C15H22O3.